The van der Waals surface area contributed by atoms with Gasteiger partial charge in [-0.05, 0) is 42.0 Å². The third-order valence-corrected chi connectivity index (χ3v) is 6.22. The number of benzene rings is 1. The zero-order valence-electron chi connectivity index (χ0n) is 13.5. The number of carbonyl (C=O) groups is 2. The van der Waals surface area contributed by atoms with Crippen LogP contribution in [0.1, 0.15) is 10.4 Å². The summed E-state index contributed by atoms with van der Waals surface area (Å²) in [5.74, 6) is -0.0250. The van der Waals surface area contributed by atoms with Crippen LogP contribution in [0.2, 0.25) is 0 Å². The van der Waals surface area contributed by atoms with Gasteiger partial charge in [-0.25, -0.2) is 4.39 Å². The molecule has 2 heterocycles. The summed E-state index contributed by atoms with van der Waals surface area (Å²) in [5, 5.41) is 7.44. The maximum Gasteiger partial charge on any atom is 0.243 e. The number of amides is 2. The topological polar surface area (TPSA) is 58.2 Å². The molecule has 0 spiro atoms. The molecule has 3 rings (SSSR count). The number of halogens is 1. The molecular weight excluding hydrogens is 359 g/mol. The van der Waals surface area contributed by atoms with E-state index >= 15 is 0 Å². The summed E-state index contributed by atoms with van der Waals surface area (Å²) in [6.45, 7) is 0.565. The van der Waals surface area contributed by atoms with E-state index in [-0.39, 0.29) is 22.9 Å². The van der Waals surface area contributed by atoms with Crippen LogP contribution in [0.3, 0.4) is 0 Å². The molecule has 2 atom stereocenters. The van der Waals surface area contributed by atoms with Crippen molar-refractivity contribution in [2.24, 2.45) is 0 Å². The smallest absolute Gasteiger partial charge is 0.243 e. The summed E-state index contributed by atoms with van der Waals surface area (Å²) >= 11 is 3.14. The second-order valence-corrected chi connectivity index (χ2v) is 8.10. The zero-order valence-corrected chi connectivity index (χ0v) is 15.2. The molecule has 1 fully saturated rings. The Balaban J connectivity index is 1.45. The summed E-state index contributed by atoms with van der Waals surface area (Å²) in [7, 11) is 0. The summed E-state index contributed by atoms with van der Waals surface area (Å²) < 4.78 is 12.9. The second-order valence-electron chi connectivity index (χ2n) is 5.83. The Morgan fingerprint density at radius 2 is 2.08 bits per heavy atom. The highest BCUT2D eigenvalue weighted by molar-refractivity contribution is 8.00. The maximum absolute atomic E-state index is 12.9. The Bertz CT molecular complexity index is 719. The van der Waals surface area contributed by atoms with Crippen LogP contribution < -0.4 is 10.6 Å². The van der Waals surface area contributed by atoms with E-state index in [9.17, 15) is 14.0 Å². The molecule has 0 aliphatic carbocycles. The lowest BCUT2D eigenvalue weighted by Gasteiger charge is -2.28. The van der Waals surface area contributed by atoms with Crippen molar-refractivity contribution in [1.29, 1.82) is 0 Å². The van der Waals surface area contributed by atoms with Crippen LogP contribution in [0.25, 0.3) is 0 Å². The molecule has 0 bridgehead atoms. The molecule has 132 valence electrons. The Labute approximate surface area is 154 Å². The molecule has 1 aromatic carbocycles. The van der Waals surface area contributed by atoms with Gasteiger partial charge in [0.05, 0.1) is 5.25 Å². The molecule has 2 amide bonds. The van der Waals surface area contributed by atoms with Crippen LogP contribution in [0.15, 0.2) is 41.8 Å². The van der Waals surface area contributed by atoms with Gasteiger partial charge in [-0.2, -0.15) is 0 Å². The van der Waals surface area contributed by atoms with E-state index < -0.39 is 6.04 Å². The average molecular weight is 378 g/mol. The summed E-state index contributed by atoms with van der Waals surface area (Å²) in [5.41, 5.74) is 0.910. The number of hydrogen-bond acceptors (Lipinski definition) is 4. The number of rotatable bonds is 6. The van der Waals surface area contributed by atoms with E-state index in [2.05, 4.69) is 10.6 Å². The number of hydrogen-bond donors (Lipinski definition) is 2. The van der Waals surface area contributed by atoms with Crippen molar-refractivity contribution >= 4 is 34.9 Å². The van der Waals surface area contributed by atoms with Gasteiger partial charge in [0.2, 0.25) is 11.8 Å². The molecule has 4 nitrogen and oxygen atoms in total. The number of carbonyl (C=O) groups excluding carboxylic acids is 2. The maximum atomic E-state index is 12.9. The summed E-state index contributed by atoms with van der Waals surface area (Å²) in [4.78, 5) is 25.7. The van der Waals surface area contributed by atoms with E-state index in [4.69, 9.17) is 0 Å². The monoisotopic (exact) mass is 378 g/mol. The van der Waals surface area contributed by atoms with Gasteiger partial charge in [-0.3, -0.25) is 9.59 Å². The third-order valence-electron chi connectivity index (χ3n) is 3.97. The summed E-state index contributed by atoms with van der Waals surface area (Å²) in [6, 6.07) is 9.69. The molecule has 1 aromatic heterocycles. The van der Waals surface area contributed by atoms with Crippen molar-refractivity contribution in [3.8, 4) is 0 Å². The second kappa shape index (κ2) is 8.49. The van der Waals surface area contributed by atoms with Gasteiger partial charge in [-0.1, -0.05) is 18.2 Å². The van der Waals surface area contributed by atoms with E-state index in [1.807, 2.05) is 17.5 Å². The highest BCUT2D eigenvalue weighted by atomic mass is 32.2. The minimum atomic E-state index is -0.495. The molecule has 25 heavy (non-hydrogen) atoms. The van der Waals surface area contributed by atoms with Gasteiger partial charge in [0.25, 0.3) is 0 Å². The first kappa shape index (κ1) is 17.9. The van der Waals surface area contributed by atoms with E-state index in [1.54, 1.807) is 23.5 Å². The quantitative estimate of drug-likeness (QED) is 0.812. The molecular formula is C18H19FN2O2S2. The van der Waals surface area contributed by atoms with Crippen molar-refractivity contribution in [2.75, 3.05) is 12.3 Å². The van der Waals surface area contributed by atoms with Gasteiger partial charge in [-0.15, -0.1) is 23.1 Å². The predicted molar refractivity (Wildman–Crippen MR) is 99.3 cm³/mol. The largest absolute Gasteiger partial charge is 0.354 e. The first-order valence-electron chi connectivity index (χ1n) is 8.08. The van der Waals surface area contributed by atoms with E-state index in [0.29, 0.717) is 18.7 Å². The predicted octanol–water partition coefficient (Wildman–Crippen LogP) is 2.39. The fourth-order valence-electron chi connectivity index (χ4n) is 2.61. The molecule has 7 heteroatoms. The SMILES string of the molecule is O=C(NCCc1cccs1)[C@@H]1CS[C@H](Cc2ccc(F)cc2)C(=O)N1. The molecule has 1 aliphatic rings. The van der Waals surface area contributed by atoms with Crippen LogP contribution in [0, 0.1) is 5.82 Å². The minimum Gasteiger partial charge on any atom is -0.354 e. The van der Waals surface area contributed by atoms with Gasteiger partial charge < -0.3 is 10.6 Å². The summed E-state index contributed by atoms with van der Waals surface area (Å²) in [6.07, 6.45) is 1.33. The lowest BCUT2D eigenvalue weighted by atomic mass is 10.1. The van der Waals surface area contributed by atoms with Crippen molar-refractivity contribution in [3.05, 3.63) is 58.0 Å². The molecule has 0 unspecified atom stereocenters. The fraction of sp³-hybridized carbons (Fsp3) is 0.333. The molecule has 0 radical (unpaired) electrons. The van der Waals surface area contributed by atoms with Crippen molar-refractivity contribution in [2.45, 2.75) is 24.1 Å². The molecule has 2 aromatic rings. The van der Waals surface area contributed by atoms with Gasteiger partial charge >= 0.3 is 0 Å². The highest BCUT2D eigenvalue weighted by Crippen LogP contribution is 2.22. The van der Waals surface area contributed by atoms with Crippen LogP contribution >= 0.6 is 23.1 Å². The average Bonchev–Trinajstić information content (AvgIpc) is 3.12. The Hall–Kier alpha value is -1.86. The van der Waals surface area contributed by atoms with Crippen LogP contribution in [0.4, 0.5) is 4.39 Å². The molecule has 2 N–H and O–H groups in total. The standard InChI is InChI=1S/C18H19FN2O2S2/c19-13-5-3-12(4-6-13)10-16-18(23)21-15(11-25-16)17(22)20-8-7-14-2-1-9-24-14/h1-6,9,15-16H,7-8,10-11H2,(H,20,22)(H,21,23)/t15-,16+/m0/s1. The van der Waals surface area contributed by atoms with Gasteiger partial charge in [0.15, 0.2) is 0 Å². The highest BCUT2D eigenvalue weighted by Gasteiger charge is 2.32. The lowest BCUT2D eigenvalue weighted by Crippen LogP contribution is -2.54. The number of thioether (sulfide) groups is 1. The van der Waals surface area contributed by atoms with Crippen LogP contribution in [-0.2, 0) is 22.4 Å². The normalized spacial score (nSPS) is 20.1. The van der Waals surface area contributed by atoms with Gasteiger partial charge in [0.1, 0.15) is 11.9 Å². The van der Waals surface area contributed by atoms with Gasteiger partial charge in [0, 0.05) is 17.2 Å². The Kier molecular flexibility index (Phi) is 6.09. The first-order valence-corrected chi connectivity index (χ1v) is 10.0. The van der Waals surface area contributed by atoms with Crippen LogP contribution in [0.5, 0.6) is 0 Å². The number of nitrogens with one attached hydrogen (secondary N) is 2. The molecule has 1 saturated heterocycles. The number of thiophene rings is 1. The minimum absolute atomic E-state index is 0.140. The van der Waals surface area contributed by atoms with Crippen molar-refractivity contribution < 1.29 is 14.0 Å². The lowest BCUT2D eigenvalue weighted by molar-refractivity contribution is -0.128. The molecule has 0 saturated carbocycles. The van der Waals surface area contributed by atoms with E-state index in [0.717, 1.165) is 12.0 Å². The Morgan fingerprint density at radius 3 is 2.76 bits per heavy atom. The van der Waals surface area contributed by atoms with Crippen molar-refractivity contribution in [3.63, 3.8) is 0 Å². The van der Waals surface area contributed by atoms with Crippen molar-refractivity contribution in [1.82, 2.24) is 10.6 Å². The third kappa shape index (κ3) is 5.06. The molecule has 1 aliphatic heterocycles. The van der Waals surface area contributed by atoms with E-state index in [1.165, 1.54) is 28.8 Å². The zero-order chi connectivity index (χ0) is 17.6. The van der Waals surface area contributed by atoms with Crippen LogP contribution in [-0.4, -0.2) is 35.4 Å². The Morgan fingerprint density at radius 1 is 1.28 bits per heavy atom. The fourth-order valence-corrected chi connectivity index (χ4v) is 4.51. The first-order chi connectivity index (χ1) is 12.1.